The van der Waals surface area contributed by atoms with Crippen molar-refractivity contribution in [2.24, 2.45) is 0 Å². The molecule has 0 aliphatic heterocycles. The molecule has 2 nitrogen and oxygen atoms in total. The number of nitrogen functional groups attached to an aromatic ring is 1. The van der Waals surface area contributed by atoms with Gasteiger partial charge in [-0.1, -0.05) is 19.1 Å². The molecule has 1 heterocycles. The van der Waals surface area contributed by atoms with Crippen LogP contribution in [0.3, 0.4) is 0 Å². The van der Waals surface area contributed by atoms with Gasteiger partial charge in [-0.2, -0.15) is 0 Å². The monoisotopic (exact) mass is 254 g/mol. The van der Waals surface area contributed by atoms with Gasteiger partial charge >= 0.3 is 0 Å². The molecule has 0 unspecified atom stereocenters. The van der Waals surface area contributed by atoms with Gasteiger partial charge in [0.05, 0.1) is 10.7 Å². The van der Waals surface area contributed by atoms with E-state index in [-0.39, 0.29) is 12.4 Å². The number of rotatable bonds is 3. The molecule has 0 aliphatic carbocycles. The Bertz CT molecular complexity index is 437. The Morgan fingerprint density at radius 2 is 1.94 bits per heavy atom. The predicted octanol–water partition coefficient (Wildman–Crippen LogP) is 3.30. The van der Waals surface area contributed by atoms with Gasteiger partial charge in [0.1, 0.15) is 0 Å². The first kappa shape index (κ1) is 13.0. The second-order valence-corrected chi connectivity index (χ2v) is 4.45. The van der Waals surface area contributed by atoms with E-state index in [9.17, 15) is 0 Å². The summed E-state index contributed by atoms with van der Waals surface area (Å²) in [6.07, 6.45) is 1.92. The third-order valence-electron chi connectivity index (χ3n) is 2.30. The Kier molecular flexibility index (Phi) is 4.77. The van der Waals surface area contributed by atoms with E-state index in [1.54, 1.807) is 11.3 Å². The average molecular weight is 255 g/mol. The first-order chi connectivity index (χ1) is 7.28. The molecule has 0 bridgehead atoms. The van der Waals surface area contributed by atoms with Gasteiger partial charge in [-0.3, -0.25) is 0 Å². The Balaban J connectivity index is 0.00000128. The highest BCUT2D eigenvalue weighted by molar-refractivity contribution is 7.09. The zero-order chi connectivity index (χ0) is 10.7. The van der Waals surface area contributed by atoms with Crippen molar-refractivity contribution in [1.82, 2.24) is 4.98 Å². The Hall–Kier alpha value is -1.06. The van der Waals surface area contributed by atoms with Crippen molar-refractivity contribution in [2.45, 2.75) is 19.8 Å². The quantitative estimate of drug-likeness (QED) is 0.854. The number of hydrogen-bond donors (Lipinski definition) is 1. The second kappa shape index (κ2) is 5.87. The summed E-state index contributed by atoms with van der Waals surface area (Å²) in [5.41, 5.74) is 8.90. The summed E-state index contributed by atoms with van der Waals surface area (Å²) in [5.74, 6) is 0. The molecule has 1 aromatic carbocycles. The summed E-state index contributed by atoms with van der Waals surface area (Å²) < 4.78 is 0. The highest BCUT2D eigenvalue weighted by Gasteiger charge is 2.01. The minimum Gasteiger partial charge on any atom is -0.399 e. The number of nitrogens with two attached hydrogens (primary N) is 1. The SMILES string of the molecule is CCc1csc(Cc2ccc(N)cc2)n1.Cl. The van der Waals surface area contributed by atoms with Crippen LogP contribution in [-0.2, 0) is 12.8 Å². The van der Waals surface area contributed by atoms with Crippen molar-refractivity contribution in [1.29, 1.82) is 0 Å². The molecule has 0 aliphatic rings. The van der Waals surface area contributed by atoms with Gasteiger partial charge in [0.25, 0.3) is 0 Å². The van der Waals surface area contributed by atoms with Crippen LogP contribution in [-0.4, -0.2) is 4.98 Å². The van der Waals surface area contributed by atoms with Crippen LogP contribution in [0.5, 0.6) is 0 Å². The van der Waals surface area contributed by atoms with Crippen molar-refractivity contribution in [3.05, 3.63) is 45.9 Å². The van der Waals surface area contributed by atoms with Gasteiger partial charge in [-0.15, -0.1) is 23.7 Å². The number of hydrogen-bond acceptors (Lipinski definition) is 3. The van der Waals surface area contributed by atoms with Gasteiger partial charge in [-0.25, -0.2) is 4.98 Å². The maximum absolute atomic E-state index is 5.63. The fraction of sp³-hybridized carbons (Fsp3) is 0.250. The number of nitrogens with zero attached hydrogens (tertiary/aromatic N) is 1. The summed E-state index contributed by atoms with van der Waals surface area (Å²) in [6.45, 7) is 2.13. The van der Waals surface area contributed by atoms with Crippen LogP contribution in [0.15, 0.2) is 29.6 Å². The normalized spacial score (nSPS) is 9.81. The zero-order valence-corrected chi connectivity index (χ0v) is 10.8. The van der Waals surface area contributed by atoms with Crippen LogP contribution >= 0.6 is 23.7 Å². The molecule has 0 atom stereocenters. The molecule has 4 heteroatoms. The summed E-state index contributed by atoms with van der Waals surface area (Å²) in [4.78, 5) is 4.53. The van der Waals surface area contributed by atoms with Crippen molar-refractivity contribution in [3.8, 4) is 0 Å². The Morgan fingerprint density at radius 3 is 2.50 bits per heavy atom. The number of benzene rings is 1. The summed E-state index contributed by atoms with van der Waals surface area (Å²) >= 11 is 1.73. The van der Waals surface area contributed by atoms with Crippen LogP contribution in [0.2, 0.25) is 0 Å². The molecule has 2 N–H and O–H groups in total. The number of thiazole rings is 1. The molecular weight excluding hydrogens is 240 g/mol. The van der Waals surface area contributed by atoms with E-state index in [1.165, 1.54) is 16.3 Å². The van der Waals surface area contributed by atoms with E-state index < -0.39 is 0 Å². The van der Waals surface area contributed by atoms with Crippen LogP contribution < -0.4 is 5.73 Å². The molecule has 16 heavy (non-hydrogen) atoms. The fourth-order valence-electron chi connectivity index (χ4n) is 1.40. The molecule has 0 saturated heterocycles. The average Bonchev–Trinajstić information content (AvgIpc) is 2.69. The molecular formula is C12H15ClN2S. The number of halogens is 1. The molecule has 0 spiro atoms. The minimum absolute atomic E-state index is 0. The van der Waals surface area contributed by atoms with Crippen LogP contribution in [0.1, 0.15) is 23.2 Å². The van der Waals surface area contributed by atoms with Crippen molar-refractivity contribution < 1.29 is 0 Å². The third-order valence-corrected chi connectivity index (χ3v) is 3.19. The van der Waals surface area contributed by atoms with Crippen LogP contribution in [0.25, 0.3) is 0 Å². The molecule has 2 aromatic rings. The lowest BCUT2D eigenvalue weighted by Crippen LogP contribution is -1.90. The molecule has 0 saturated carbocycles. The molecule has 2 rings (SSSR count). The van der Waals surface area contributed by atoms with Gasteiger partial charge in [0.2, 0.25) is 0 Å². The van der Waals surface area contributed by atoms with E-state index in [4.69, 9.17) is 5.73 Å². The van der Waals surface area contributed by atoms with Gasteiger partial charge in [0, 0.05) is 17.5 Å². The van der Waals surface area contributed by atoms with E-state index in [1.807, 2.05) is 12.1 Å². The van der Waals surface area contributed by atoms with E-state index in [0.29, 0.717) is 0 Å². The molecule has 0 amide bonds. The first-order valence-corrected chi connectivity index (χ1v) is 5.93. The molecule has 86 valence electrons. The van der Waals surface area contributed by atoms with Gasteiger partial charge < -0.3 is 5.73 Å². The number of aromatic nitrogens is 1. The van der Waals surface area contributed by atoms with Crippen LogP contribution in [0, 0.1) is 0 Å². The maximum Gasteiger partial charge on any atom is 0.0972 e. The van der Waals surface area contributed by atoms with Crippen molar-refractivity contribution in [2.75, 3.05) is 5.73 Å². The van der Waals surface area contributed by atoms with Crippen LogP contribution in [0.4, 0.5) is 5.69 Å². The van der Waals surface area contributed by atoms with Gasteiger partial charge in [0.15, 0.2) is 0 Å². The topological polar surface area (TPSA) is 38.9 Å². The number of anilines is 1. The summed E-state index contributed by atoms with van der Waals surface area (Å²) in [5, 5.41) is 3.31. The summed E-state index contributed by atoms with van der Waals surface area (Å²) in [7, 11) is 0. The summed E-state index contributed by atoms with van der Waals surface area (Å²) in [6, 6.07) is 7.98. The highest BCUT2D eigenvalue weighted by atomic mass is 35.5. The lowest BCUT2D eigenvalue weighted by molar-refractivity contribution is 1.02. The zero-order valence-electron chi connectivity index (χ0n) is 9.14. The minimum atomic E-state index is 0. The van der Waals surface area contributed by atoms with Gasteiger partial charge in [-0.05, 0) is 24.1 Å². The van der Waals surface area contributed by atoms with Crippen molar-refractivity contribution >= 4 is 29.4 Å². The number of aryl methyl sites for hydroxylation is 1. The van der Waals surface area contributed by atoms with E-state index in [0.717, 1.165) is 18.5 Å². The third kappa shape index (κ3) is 3.22. The lowest BCUT2D eigenvalue weighted by atomic mass is 10.1. The second-order valence-electron chi connectivity index (χ2n) is 3.50. The Labute approximate surface area is 106 Å². The highest BCUT2D eigenvalue weighted by Crippen LogP contribution is 2.16. The fourth-order valence-corrected chi connectivity index (χ4v) is 2.31. The molecule has 1 aromatic heterocycles. The maximum atomic E-state index is 5.63. The first-order valence-electron chi connectivity index (χ1n) is 5.05. The van der Waals surface area contributed by atoms with Crippen molar-refractivity contribution in [3.63, 3.8) is 0 Å². The lowest BCUT2D eigenvalue weighted by Gasteiger charge is -1.98. The smallest absolute Gasteiger partial charge is 0.0972 e. The van der Waals surface area contributed by atoms with E-state index >= 15 is 0 Å². The standard InChI is InChI=1S/C12H14N2S.ClH/c1-2-11-8-15-12(14-11)7-9-3-5-10(13)6-4-9;/h3-6,8H,2,7,13H2,1H3;1H. The largest absolute Gasteiger partial charge is 0.399 e. The van der Waals surface area contributed by atoms with E-state index in [2.05, 4.69) is 29.4 Å². The predicted molar refractivity (Wildman–Crippen MR) is 72.4 cm³/mol. The molecule has 0 fully saturated rings. The Morgan fingerprint density at radius 1 is 1.25 bits per heavy atom. The molecule has 0 radical (unpaired) electrons.